The van der Waals surface area contributed by atoms with Gasteiger partial charge >= 0.3 is 0 Å². The lowest BCUT2D eigenvalue weighted by molar-refractivity contribution is -0.125. The first kappa shape index (κ1) is 46.6. The number of carbonyl (C=O) groups is 1. The second kappa shape index (κ2) is 24.1. The number of fused-ring (bicyclic) bond motifs is 2. The van der Waals surface area contributed by atoms with Crippen LogP contribution in [-0.2, 0) is 10.2 Å². The van der Waals surface area contributed by atoms with Gasteiger partial charge in [0.25, 0.3) is 0 Å². The molecule has 3 aliphatic rings. The highest BCUT2D eigenvalue weighted by molar-refractivity contribution is 6.09. The van der Waals surface area contributed by atoms with Crippen LogP contribution in [0.25, 0.3) is 5.57 Å². The molecule has 2 N–H and O–H groups in total. The zero-order valence-corrected chi connectivity index (χ0v) is 35.8. The van der Waals surface area contributed by atoms with E-state index in [1.54, 1.807) is 12.2 Å². The van der Waals surface area contributed by atoms with E-state index in [-0.39, 0.29) is 11.9 Å². The van der Waals surface area contributed by atoms with Crippen molar-refractivity contribution in [3.8, 4) is 0 Å². The van der Waals surface area contributed by atoms with Crippen LogP contribution in [0.15, 0.2) is 89.1 Å². The van der Waals surface area contributed by atoms with E-state index >= 15 is 0 Å². The van der Waals surface area contributed by atoms with Crippen molar-refractivity contribution in [2.45, 2.75) is 158 Å². The Morgan fingerprint density at radius 1 is 1.06 bits per heavy atom. The number of hydrogen-bond donors (Lipinski definition) is 2. The van der Waals surface area contributed by atoms with Gasteiger partial charge < -0.3 is 15.5 Å². The number of nitrogens with one attached hydrogen (secondary N) is 2. The molecule has 0 aromatic heterocycles. The smallest absolute Gasteiger partial charge is 0.238 e. The SMILES string of the molecule is C=C/C(F)=C(\C=C/C)N/C(C)=C(C)/C(=C\C(=C)c1ccc2c(c1)N(C1CC(CCC)C1)C(=O)C21CCNCC1)N=CCC.CC(C)C.CCCCCCC. The molecule has 5 nitrogen and oxygen atoms in total. The Morgan fingerprint density at radius 3 is 2.22 bits per heavy atom. The molecule has 1 aromatic rings. The summed E-state index contributed by atoms with van der Waals surface area (Å²) in [5, 5.41) is 6.64. The summed E-state index contributed by atoms with van der Waals surface area (Å²) in [6, 6.07) is 6.73. The summed E-state index contributed by atoms with van der Waals surface area (Å²) in [5.41, 5.74) is 6.35. The first-order valence-electron chi connectivity index (χ1n) is 21.1. The van der Waals surface area contributed by atoms with Gasteiger partial charge in [-0.05, 0) is 124 Å². The number of unbranched alkanes of at least 4 members (excludes halogenated alkanes) is 4. The van der Waals surface area contributed by atoms with Gasteiger partial charge in [-0.2, -0.15) is 0 Å². The minimum Gasteiger partial charge on any atom is -0.356 e. The van der Waals surface area contributed by atoms with Crippen LogP contribution in [0.2, 0.25) is 0 Å². The molecule has 4 rings (SSSR count). The maximum absolute atomic E-state index is 14.4. The monoisotopic (exact) mass is 743 g/mol. The average Bonchev–Trinajstić information content (AvgIpc) is 3.36. The van der Waals surface area contributed by atoms with E-state index in [1.165, 1.54) is 56.6 Å². The fourth-order valence-electron chi connectivity index (χ4n) is 7.35. The van der Waals surface area contributed by atoms with Gasteiger partial charge in [0.1, 0.15) is 5.83 Å². The van der Waals surface area contributed by atoms with Crippen LogP contribution in [0.1, 0.15) is 157 Å². The maximum Gasteiger partial charge on any atom is 0.238 e. The highest BCUT2D eigenvalue weighted by Gasteiger charge is 2.54. The van der Waals surface area contributed by atoms with Crippen molar-refractivity contribution in [2.75, 3.05) is 18.0 Å². The summed E-state index contributed by atoms with van der Waals surface area (Å²) in [6.45, 7) is 30.7. The highest BCUT2D eigenvalue weighted by Crippen LogP contribution is 2.51. The van der Waals surface area contributed by atoms with Crippen molar-refractivity contribution in [1.82, 2.24) is 10.6 Å². The normalized spacial score (nSPS) is 20.1. The fraction of sp³-hybridized carbons (Fsp3) is 0.583. The number of rotatable bonds is 16. The van der Waals surface area contributed by atoms with Crippen molar-refractivity contribution in [3.63, 3.8) is 0 Å². The molecule has 6 heteroatoms. The van der Waals surface area contributed by atoms with Crippen molar-refractivity contribution in [3.05, 3.63) is 95.3 Å². The van der Waals surface area contributed by atoms with Crippen molar-refractivity contribution >= 4 is 23.4 Å². The van der Waals surface area contributed by atoms with Gasteiger partial charge in [0.15, 0.2) is 0 Å². The van der Waals surface area contributed by atoms with Crippen LogP contribution in [0, 0.1) is 11.8 Å². The van der Waals surface area contributed by atoms with E-state index in [9.17, 15) is 9.18 Å². The molecule has 0 bridgehead atoms. The molecule has 0 atom stereocenters. The molecule has 0 unspecified atom stereocenters. The average molecular weight is 743 g/mol. The maximum atomic E-state index is 14.4. The number of amides is 1. The Morgan fingerprint density at radius 2 is 1.69 bits per heavy atom. The largest absolute Gasteiger partial charge is 0.356 e. The van der Waals surface area contributed by atoms with Gasteiger partial charge in [0, 0.05) is 23.6 Å². The molecule has 2 heterocycles. The second-order valence-electron chi connectivity index (χ2n) is 15.9. The molecule has 1 amide bonds. The zero-order valence-electron chi connectivity index (χ0n) is 35.8. The van der Waals surface area contributed by atoms with Crippen molar-refractivity contribution in [2.24, 2.45) is 16.8 Å². The molecule has 0 radical (unpaired) electrons. The van der Waals surface area contributed by atoms with Gasteiger partial charge in [0.05, 0.1) is 16.8 Å². The third-order valence-electron chi connectivity index (χ3n) is 10.5. The van der Waals surface area contributed by atoms with Crippen LogP contribution < -0.4 is 15.5 Å². The molecule has 2 fully saturated rings. The van der Waals surface area contributed by atoms with Crippen molar-refractivity contribution < 1.29 is 9.18 Å². The van der Waals surface area contributed by atoms with Gasteiger partial charge in [-0.25, -0.2) is 4.39 Å². The Bertz CT molecular complexity index is 1510. The molecule has 300 valence electrons. The molecular formula is C48H75FN4O. The first-order valence-corrected chi connectivity index (χ1v) is 21.1. The third-order valence-corrected chi connectivity index (χ3v) is 10.5. The number of anilines is 1. The predicted molar refractivity (Wildman–Crippen MR) is 235 cm³/mol. The predicted octanol–water partition coefficient (Wildman–Crippen LogP) is 13.1. The van der Waals surface area contributed by atoms with Gasteiger partial charge in [-0.3, -0.25) is 9.79 Å². The number of aliphatic imine (C=N–C) groups is 1. The van der Waals surface area contributed by atoms with Crippen LogP contribution >= 0.6 is 0 Å². The minimum absolute atomic E-state index is 0.273. The molecule has 2 aliphatic heterocycles. The van der Waals surface area contributed by atoms with E-state index in [0.717, 1.165) is 84.9 Å². The van der Waals surface area contributed by atoms with Crippen LogP contribution in [0.5, 0.6) is 0 Å². The number of nitrogens with zero attached hydrogens (tertiary/aromatic N) is 2. The lowest BCUT2D eigenvalue weighted by atomic mass is 9.73. The summed E-state index contributed by atoms with van der Waals surface area (Å²) in [5.74, 6) is 1.41. The van der Waals surface area contributed by atoms with E-state index in [0.29, 0.717) is 11.6 Å². The summed E-state index contributed by atoms with van der Waals surface area (Å²) in [7, 11) is 0. The minimum atomic E-state index is -0.427. The highest BCUT2D eigenvalue weighted by atomic mass is 19.1. The summed E-state index contributed by atoms with van der Waals surface area (Å²) < 4.78 is 14.4. The molecule has 54 heavy (non-hydrogen) atoms. The lowest BCUT2D eigenvalue weighted by Gasteiger charge is -2.43. The van der Waals surface area contributed by atoms with Crippen LogP contribution in [0.4, 0.5) is 10.1 Å². The zero-order chi connectivity index (χ0) is 40.3. The van der Waals surface area contributed by atoms with E-state index in [2.05, 4.69) is 88.4 Å². The molecular weight excluding hydrogens is 668 g/mol. The number of halogens is 1. The Hall–Kier alpha value is -3.51. The second-order valence-corrected chi connectivity index (χ2v) is 15.9. The molecule has 1 aromatic carbocycles. The lowest BCUT2D eigenvalue weighted by Crippen LogP contribution is -2.53. The third kappa shape index (κ3) is 13.1. The first-order chi connectivity index (χ1) is 25.8. The standard InChI is InChI=1S/C37H49FN4O.C7H16.C4H10/c1-8-12-28-22-30(23-28)42-35-24-29(14-15-31(35)37(36(42)43)16-19-39-20-17-37)25(5)21-34(40-18-10-3)26(6)27(7)41-33(13-9-2)32(38)11-4;1-3-5-7-6-4-2;1-4(2)3/h9,11,13-15,18,21,24,28,30,39,41H,4-5,8,10,12,16-17,19-20,22-23H2,1-3,6-7H3;3-7H2,1-2H3;4H,1-3H3/b13-9-,27-26+,33-32-,34-21+,40-18?;;. The summed E-state index contributed by atoms with van der Waals surface area (Å²) in [6.07, 6.45) is 22.6. The fourth-order valence-corrected chi connectivity index (χ4v) is 7.35. The van der Waals surface area contributed by atoms with E-state index in [4.69, 9.17) is 4.99 Å². The number of benzene rings is 1. The Labute approximate surface area is 330 Å². The quantitative estimate of drug-likeness (QED) is 0.101. The molecule has 1 saturated heterocycles. The number of allylic oxidation sites excluding steroid dienone is 8. The van der Waals surface area contributed by atoms with Gasteiger partial charge in [-0.15, -0.1) is 0 Å². The van der Waals surface area contributed by atoms with Gasteiger partial charge in [0.2, 0.25) is 5.91 Å². The van der Waals surface area contributed by atoms with Crippen LogP contribution in [0.3, 0.4) is 0 Å². The topological polar surface area (TPSA) is 56.7 Å². The Balaban J connectivity index is 0.000000801. The van der Waals surface area contributed by atoms with Crippen LogP contribution in [-0.4, -0.2) is 31.3 Å². The summed E-state index contributed by atoms with van der Waals surface area (Å²) in [4.78, 5) is 21.1. The van der Waals surface area contributed by atoms with E-state index in [1.807, 2.05) is 40.0 Å². The Kier molecular flexibility index (Phi) is 20.8. The summed E-state index contributed by atoms with van der Waals surface area (Å²) >= 11 is 0. The number of carbonyl (C=O) groups excluding carboxylic acids is 1. The molecule has 1 aliphatic carbocycles. The van der Waals surface area contributed by atoms with Crippen molar-refractivity contribution in [1.29, 1.82) is 0 Å². The molecule has 1 saturated carbocycles. The number of hydrogen-bond acceptors (Lipinski definition) is 4. The number of piperidine rings is 1. The van der Waals surface area contributed by atoms with Gasteiger partial charge in [-0.1, -0.05) is 125 Å². The van der Waals surface area contributed by atoms with E-state index < -0.39 is 11.2 Å². The molecule has 1 spiro atoms.